The minimum atomic E-state index is -0.343. The van der Waals surface area contributed by atoms with Crippen molar-refractivity contribution >= 4 is 11.6 Å². The van der Waals surface area contributed by atoms with E-state index < -0.39 is 0 Å². The molecule has 2 rings (SSSR count). The first kappa shape index (κ1) is 11.1. The predicted octanol–water partition coefficient (Wildman–Crippen LogP) is 1.06. The van der Waals surface area contributed by atoms with Crippen LogP contribution in [-0.4, -0.2) is 16.1 Å². The van der Waals surface area contributed by atoms with E-state index in [-0.39, 0.29) is 17.4 Å². The zero-order valence-electron chi connectivity index (χ0n) is 8.90. The average Bonchev–Trinajstić information content (AvgIpc) is 2.74. The van der Waals surface area contributed by atoms with Crippen LogP contribution < -0.4 is 11.1 Å². The van der Waals surface area contributed by atoms with E-state index in [4.69, 9.17) is 5.73 Å². The third-order valence-corrected chi connectivity index (χ3v) is 2.26. The summed E-state index contributed by atoms with van der Waals surface area (Å²) in [6.45, 7) is 0.303. The van der Waals surface area contributed by atoms with Gasteiger partial charge in [0.1, 0.15) is 11.5 Å². The molecular formula is C11H11FN4O. The predicted molar refractivity (Wildman–Crippen MR) is 60.6 cm³/mol. The van der Waals surface area contributed by atoms with Crippen molar-refractivity contribution in [1.29, 1.82) is 0 Å². The summed E-state index contributed by atoms with van der Waals surface area (Å²) >= 11 is 0. The highest BCUT2D eigenvalue weighted by Crippen LogP contribution is 2.06. The quantitative estimate of drug-likeness (QED) is 0.742. The number of nitrogens with one attached hydrogen (secondary N) is 2. The topological polar surface area (TPSA) is 83.8 Å². The largest absolute Gasteiger partial charge is 0.396 e. The van der Waals surface area contributed by atoms with E-state index in [1.54, 1.807) is 12.1 Å². The molecule has 0 spiro atoms. The van der Waals surface area contributed by atoms with E-state index in [0.717, 1.165) is 5.56 Å². The molecule has 4 N–H and O–H groups in total. The number of nitrogen functional groups attached to an aromatic ring is 1. The van der Waals surface area contributed by atoms with Gasteiger partial charge in [0.05, 0.1) is 11.9 Å². The Hall–Kier alpha value is -2.37. The second-order valence-corrected chi connectivity index (χ2v) is 3.51. The van der Waals surface area contributed by atoms with Crippen molar-refractivity contribution in [3.8, 4) is 0 Å². The van der Waals surface area contributed by atoms with E-state index in [0.29, 0.717) is 12.2 Å². The van der Waals surface area contributed by atoms with Gasteiger partial charge in [0.25, 0.3) is 5.91 Å². The van der Waals surface area contributed by atoms with Crippen molar-refractivity contribution in [2.75, 3.05) is 5.73 Å². The summed E-state index contributed by atoms with van der Waals surface area (Å²) in [5.74, 6) is -0.651. The fourth-order valence-electron chi connectivity index (χ4n) is 1.35. The van der Waals surface area contributed by atoms with E-state index >= 15 is 0 Å². The lowest BCUT2D eigenvalue weighted by molar-refractivity contribution is 0.0947. The van der Waals surface area contributed by atoms with Gasteiger partial charge in [0.15, 0.2) is 0 Å². The standard InChI is InChI=1S/C11H11FN4O/c12-8-3-1-7(2-4-8)5-14-11(17)10-9(13)6-15-16-10/h1-4,6H,5,13H2,(H,14,17)(H,15,16). The molecule has 0 saturated carbocycles. The molecule has 0 bridgehead atoms. The zero-order valence-corrected chi connectivity index (χ0v) is 8.90. The first-order chi connectivity index (χ1) is 8.16. The summed E-state index contributed by atoms with van der Waals surface area (Å²) in [7, 11) is 0. The Labute approximate surface area is 96.8 Å². The molecule has 1 amide bonds. The number of aromatic amines is 1. The van der Waals surface area contributed by atoms with Gasteiger partial charge in [0, 0.05) is 6.54 Å². The molecule has 0 aliphatic heterocycles. The normalized spacial score (nSPS) is 10.2. The number of hydrogen-bond acceptors (Lipinski definition) is 3. The van der Waals surface area contributed by atoms with Crippen molar-refractivity contribution < 1.29 is 9.18 Å². The van der Waals surface area contributed by atoms with Crippen LogP contribution in [0, 0.1) is 5.82 Å². The van der Waals surface area contributed by atoms with Gasteiger partial charge < -0.3 is 11.1 Å². The molecule has 1 heterocycles. The van der Waals surface area contributed by atoms with Crippen LogP contribution in [0.25, 0.3) is 0 Å². The summed E-state index contributed by atoms with van der Waals surface area (Å²) in [5, 5.41) is 8.80. The summed E-state index contributed by atoms with van der Waals surface area (Å²) in [6.07, 6.45) is 1.37. The Kier molecular flexibility index (Phi) is 3.04. The van der Waals surface area contributed by atoms with Crippen LogP contribution in [0.4, 0.5) is 10.1 Å². The molecule has 5 nitrogen and oxygen atoms in total. The molecular weight excluding hydrogens is 223 g/mol. The number of carbonyl (C=O) groups is 1. The van der Waals surface area contributed by atoms with Crippen LogP contribution in [0.2, 0.25) is 0 Å². The van der Waals surface area contributed by atoms with Gasteiger partial charge in [-0.05, 0) is 17.7 Å². The molecule has 0 radical (unpaired) electrons. The highest BCUT2D eigenvalue weighted by molar-refractivity contribution is 5.96. The highest BCUT2D eigenvalue weighted by Gasteiger charge is 2.10. The molecule has 2 aromatic rings. The maximum Gasteiger partial charge on any atom is 0.271 e. The molecule has 0 fully saturated rings. The summed E-state index contributed by atoms with van der Waals surface area (Å²) in [5.41, 5.74) is 6.85. The van der Waals surface area contributed by atoms with Crippen LogP contribution >= 0.6 is 0 Å². The van der Waals surface area contributed by atoms with E-state index in [2.05, 4.69) is 15.5 Å². The van der Waals surface area contributed by atoms with Gasteiger partial charge in [0.2, 0.25) is 0 Å². The van der Waals surface area contributed by atoms with Crippen LogP contribution in [0.5, 0.6) is 0 Å². The van der Waals surface area contributed by atoms with Crippen molar-refractivity contribution in [1.82, 2.24) is 15.5 Å². The Bertz CT molecular complexity index is 521. The number of rotatable bonds is 3. The minimum Gasteiger partial charge on any atom is -0.396 e. The number of carbonyl (C=O) groups excluding carboxylic acids is 1. The lowest BCUT2D eigenvalue weighted by Crippen LogP contribution is -2.24. The first-order valence-corrected chi connectivity index (χ1v) is 4.98. The maximum absolute atomic E-state index is 12.6. The Morgan fingerprint density at radius 1 is 1.41 bits per heavy atom. The molecule has 1 aromatic heterocycles. The van der Waals surface area contributed by atoms with Crippen molar-refractivity contribution in [2.24, 2.45) is 0 Å². The molecule has 0 saturated heterocycles. The lowest BCUT2D eigenvalue weighted by Gasteiger charge is -2.04. The average molecular weight is 234 g/mol. The Morgan fingerprint density at radius 3 is 2.71 bits per heavy atom. The van der Waals surface area contributed by atoms with Gasteiger partial charge in [-0.25, -0.2) is 4.39 Å². The van der Waals surface area contributed by atoms with Gasteiger partial charge in [-0.1, -0.05) is 12.1 Å². The number of halogens is 1. The fraction of sp³-hybridized carbons (Fsp3) is 0.0909. The summed E-state index contributed by atoms with van der Waals surface area (Å²) < 4.78 is 12.6. The van der Waals surface area contributed by atoms with Crippen LogP contribution in [0.3, 0.4) is 0 Å². The first-order valence-electron chi connectivity index (χ1n) is 4.98. The zero-order chi connectivity index (χ0) is 12.3. The number of hydrogen-bond donors (Lipinski definition) is 3. The molecule has 6 heteroatoms. The third-order valence-electron chi connectivity index (χ3n) is 2.26. The maximum atomic E-state index is 12.6. The number of H-pyrrole nitrogens is 1. The number of aromatic nitrogens is 2. The monoisotopic (exact) mass is 234 g/mol. The number of benzene rings is 1. The molecule has 88 valence electrons. The third kappa shape index (κ3) is 2.60. The SMILES string of the molecule is Nc1cn[nH]c1C(=O)NCc1ccc(F)cc1. The second kappa shape index (κ2) is 4.65. The molecule has 17 heavy (non-hydrogen) atoms. The van der Waals surface area contributed by atoms with Gasteiger partial charge >= 0.3 is 0 Å². The lowest BCUT2D eigenvalue weighted by atomic mass is 10.2. The Balaban J connectivity index is 1.97. The smallest absolute Gasteiger partial charge is 0.271 e. The molecule has 0 unspecified atom stereocenters. The second-order valence-electron chi connectivity index (χ2n) is 3.51. The van der Waals surface area contributed by atoms with Crippen molar-refractivity contribution in [3.63, 3.8) is 0 Å². The number of anilines is 1. The summed E-state index contributed by atoms with van der Waals surface area (Å²) in [4.78, 5) is 11.6. The van der Waals surface area contributed by atoms with E-state index in [1.165, 1.54) is 18.3 Å². The van der Waals surface area contributed by atoms with Crippen LogP contribution in [0.15, 0.2) is 30.5 Å². The van der Waals surface area contributed by atoms with Gasteiger partial charge in [-0.3, -0.25) is 9.89 Å². The number of nitrogens with zero attached hydrogens (tertiary/aromatic N) is 1. The fourth-order valence-corrected chi connectivity index (χ4v) is 1.35. The van der Waals surface area contributed by atoms with Gasteiger partial charge in [-0.15, -0.1) is 0 Å². The van der Waals surface area contributed by atoms with Crippen molar-refractivity contribution in [3.05, 3.63) is 47.5 Å². The van der Waals surface area contributed by atoms with Crippen LogP contribution in [0.1, 0.15) is 16.1 Å². The molecule has 0 atom stereocenters. The minimum absolute atomic E-state index is 0.229. The molecule has 0 aliphatic rings. The van der Waals surface area contributed by atoms with E-state index in [1.807, 2.05) is 0 Å². The highest BCUT2D eigenvalue weighted by atomic mass is 19.1. The van der Waals surface area contributed by atoms with Crippen molar-refractivity contribution in [2.45, 2.75) is 6.54 Å². The van der Waals surface area contributed by atoms with E-state index in [9.17, 15) is 9.18 Å². The number of amides is 1. The summed E-state index contributed by atoms with van der Waals surface area (Å²) in [6, 6.07) is 5.88. The van der Waals surface area contributed by atoms with Gasteiger partial charge in [-0.2, -0.15) is 5.10 Å². The Morgan fingerprint density at radius 2 is 2.12 bits per heavy atom. The number of nitrogens with two attached hydrogens (primary N) is 1. The van der Waals surface area contributed by atoms with Crippen LogP contribution in [-0.2, 0) is 6.54 Å². The molecule has 1 aromatic carbocycles. The molecule has 0 aliphatic carbocycles.